The molecule has 0 spiro atoms. The van der Waals surface area contributed by atoms with Gasteiger partial charge >= 0.3 is 5.97 Å². The molecule has 0 unspecified atom stereocenters. The molecule has 1 aliphatic heterocycles. The van der Waals surface area contributed by atoms with Crippen molar-refractivity contribution < 1.29 is 14.3 Å². The fraction of sp³-hybridized carbons (Fsp3) is 0.316. The Morgan fingerprint density at radius 1 is 1.25 bits per heavy atom. The summed E-state index contributed by atoms with van der Waals surface area (Å²) in [6.45, 7) is 0.766. The third-order valence-electron chi connectivity index (χ3n) is 4.37. The van der Waals surface area contributed by atoms with Gasteiger partial charge in [-0.05, 0) is 48.2 Å². The van der Waals surface area contributed by atoms with Gasteiger partial charge in [-0.1, -0.05) is 12.1 Å². The molecule has 1 amide bonds. The van der Waals surface area contributed by atoms with E-state index in [1.54, 1.807) is 30.6 Å². The van der Waals surface area contributed by atoms with Gasteiger partial charge in [0.15, 0.2) is 0 Å². The van der Waals surface area contributed by atoms with Crippen LogP contribution in [0.2, 0.25) is 0 Å². The van der Waals surface area contributed by atoms with Crippen LogP contribution in [0.15, 0.2) is 48.8 Å². The molecule has 0 aliphatic carbocycles. The van der Waals surface area contributed by atoms with Crippen LogP contribution in [-0.4, -0.2) is 35.4 Å². The van der Waals surface area contributed by atoms with Crippen LogP contribution < -0.4 is 0 Å². The maximum absolute atomic E-state index is 12.7. The van der Waals surface area contributed by atoms with Gasteiger partial charge in [0.2, 0.25) is 5.91 Å². The minimum atomic E-state index is -0.389. The lowest BCUT2D eigenvalue weighted by molar-refractivity contribution is -0.131. The zero-order valence-electron chi connectivity index (χ0n) is 13.6. The predicted octanol–water partition coefficient (Wildman–Crippen LogP) is 2.77. The molecule has 2 aromatic rings. The zero-order valence-corrected chi connectivity index (χ0v) is 13.6. The quantitative estimate of drug-likeness (QED) is 0.812. The normalized spacial score (nSPS) is 16.9. The number of likely N-dealkylation sites (tertiary alicyclic amines) is 1. The second-order valence-electron chi connectivity index (χ2n) is 5.89. The highest BCUT2D eigenvalue weighted by Gasteiger charge is 2.29. The van der Waals surface area contributed by atoms with Crippen molar-refractivity contribution in [1.29, 1.82) is 0 Å². The molecular formula is C19H20N2O3. The van der Waals surface area contributed by atoms with Crippen LogP contribution in [0.1, 0.15) is 40.4 Å². The average molecular weight is 324 g/mol. The molecule has 1 aromatic heterocycles. The van der Waals surface area contributed by atoms with Crippen LogP contribution in [0.3, 0.4) is 0 Å². The Bertz CT molecular complexity index is 730. The van der Waals surface area contributed by atoms with E-state index in [0.717, 1.165) is 30.5 Å². The van der Waals surface area contributed by atoms with Crippen LogP contribution in [0.4, 0.5) is 0 Å². The van der Waals surface area contributed by atoms with Crippen molar-refractivity contribution in [3.8, 4) is 0 Å². The van der Waals surface area contributed by atoms with Gasteiger partial charge in [-0.2, -0.15) is 0 Å². The monoisotopic (exact) mass is 324 g/mol. The van der Waals surface area contributed by atoms with E-state index >= 15 is 0 Å². The van der Waals surface area contributed by atoms with Crippen LogP contribution in [-0.2, 0) is 16.0 Å². The summed E-state index contributed by atoms with van der Waals surface area (Å²) in [5, 5.41) is 0. The van der Waals surface area contributed by atoms with Crippen molar-refractivity contribution in [1.82, 2.24) is 9.88 Å². The molecule has 1 fully saturated rings. The Balaban J connectivity index is 1.74. The molecule has 0 N–H and O–H groups in total. The number of pyridine rings is 1. The molecule has 0 radical (unpaired) electrons. The van der Waals surface area contributed by atoms with E-state index in [0.29, 0.717) is 5.56 Å². The number of hydrogen-bond acceptors (Lipinski definition) is 4. The molecule has 1 atom stereocenters. The number of hydrogen-bond donors (Lipinski definition) is 0. The van der Waals surface area contributed by atoms with E-state index in [2.05, 4.69) is 4.98 Å². The lowest BCUT2D eigenvalue weighted by Gasteiger charge is -2.25. The second-order valence-corrected chi connectivity index (χ2v) is 5.89. The number of methoxy groups -OCH3 is 1. The van der Waals surface area contributed by atoms with E-state index < -0.39 is 0 Å². The Kier molecular flexibility index (Phi) is 4.89. The summed E-state index contributed by atoms with van der Waals surface area (Å²) in [7, 11) is 1.35. The lowest BCUT2D eigenvalue weighted by Crippen LogP contribution is -2.31. The van der Waals surface area contributed by atoms with Gasteiger partial charge in [0.25, 0.3) is 0 Å². The summed E-state index contributed by atoms with van der Waals surface area (Å²) in [5.74, 6) is -0.309. The maximum Gasteiger partial charge on any atom is 0.337 e. The number of esters is 1. The van der Waals surface area contributed by atoms with Crippen molar-refractivity contribution in [2.45, 2.75) is 25.3 Å². The topological polar surface area (TPSA) is 59.5 Å². The summed E-state index contributed by atoms with van der Waals surface area (Å²) in [6, 6.07) is 11.1. The van der Waals surface area contributed by atoms with Gasteiger partial charge < -0.3 is 9.64 Å². The highest BCUT2D eigenvalue weighted by molar-refractivity contribution is 5.90. The molecule has 124 valence electrons. The molecule has 0 bridgehead atoms. The Labute approximate surface area is 141 Å². The fourth-order valence-electron chi connectivity index (χ4n) is 3.20. The molecule has 5 nitrogen and oxygen atoms in total. The first-order valence-electron chi connectivity index (χ1n) is 8.05. The molecule has 24 heavy (non-hydrogen) atoms. The number of benzene rings is 1. The van der Waals surface area contributed by atoms with Crippen LogP contribution in [0, 0.1) is 0 Å². The number of nitrogens with zero attached hydrogens (tertiary/aromatic N) is 2. The minimum absolute atomic E-state index is 0.0799. The fourth-order valence-corrected chi connectivity index (χ4v) is 3.20. The van der Waals surface area contributed by atoms with Gasteiger partial charge in [0.05, 0.1) is 25.1 Å². The first kappa shape index (κ1) is 16.2. The van der Waals surface area contributed by atoms with Gasteiger partial charge in [0, 0.05) is 18.9 Å². The molecule has 2 heterocycles. The van der Waals surface area contributed by atoms with E-state index in [1.165, 1.54) is 7.11 Å². The largest absolute Gasteiger partial charge is 0.465 e. The lowest BCUT2D eigenvalue weighted by atomic mass is 10.0. The average Bonchev–Trinajstić information content (AvgIpc) is 3.12. The van der Waals surface area contributed by atoms with E-state index in [1.807, 2.05) is 23.1 Å². The van der Waals surface area contributed by atoms with Crippen LogP contribution in [0.5, 0.6) is 0 Å². The molecule has 5 heteroatoms. The highest BCUT2D eigenvalue weighted by atomic mass is 16.5. The van der Waals surface area contributed by atoms with E-state index in [4.69, 9.17) is 4.74 Å². The van der Waals surface area contributed by atoms with Gasteiger partial charge in [-0.3, -0.25) is 9.78 Å². The second kappa shape index (κ2) is 7.25. The summed E-state index contributed by atoms with van der Waals surface area (Å²) < 4.78 is 4.73. The molecule has 0 saturated carbocycles. The number of ether oxygens (including phenoxy) is 1. The SMILES string of the molecule is COC(=O)c1cccc(CC(=O)N2CCC[C@H]2c2ccncc2)c1. The number of carbonyl (C=O) groups is 2. The standard InChI is InChI=1S/C19H20N2O3/c1-24-19(23)16-5-2-4-14(12-16)13-18(22)21-11-3-6-17(21)15-7-9-20-10-8-15/h2,4-5,7-10,12,17H,3,6,11,13H2,1H3/t17-/m0/s1. The Morgan fingerprint density at radius 2 is 2.04 bits per heavy atom. The van der Waals surface area contributed by atoms with Crippen molar-refractivity contribution >= 4 is 11.9 Å². The molecular weight excluding hydrogens is 304 g/mol. The van der Waals surface area contributed by atoms with Crippen LogP contribution in [0.25, 0.3) is 0 Å². The number of aromatic nitrogens is 1. The molecule has 3 rings (SSSR count). The summed E-state index contributed by atoms with van der Waals surface area (Å²) in [4.78, 5) is 30.3. The van der Waals surface area contributed by atoms with Crippen molar-refractivity contribution in [3.63, 3.8) is 0 Å². The van der Waals surface area contributed by atoms with E-state index in [9.17, 15) is 9.59 Å². The third kappa shape index (κ3) is 3.45. The first-order valence-corrected chi connectivity index (χ1v) is 8.05. The maximum atomic E-state index is 12.7. The van der Waals surface area contributed by atoms with Crippen molar-refractivity contribution in [2.24, 2.45) is 0 Å². The summed E-state index contributed by atoms with van der Waals surface area (Å²) >= 11 is 0. The van der Waals surface area contributed by atoms with Gasteiger partial charge in [-0.25, -0.2) is 4.79 Å². The van der Waals surface area contributed by atoms with E-state index in [-0.39, 0.29) is 24.3 Å². The number of carbonyl (C=O) groups excluding carboxylic acids is 2. The molecule has 1 aliphatic rings. The summed E-state index contributed by atoms with van der Waals surface area (Å²) in [6.07, 6.45) is 5.78. The third-order valence-corrected chi connectivity index (χ3v) is 4.37. The van der Waals surface area contributed by atoms with Crippen LogP contribution >= 0.6 is 0 Å². The minimum Gasteiger partial charge on any atom is -0.465 e. The van der Waals surface area contributed by atoms with Gasteiger partial charge in [-0.15, -0.1) is 0 Å². The zero-order chi connectivity index (χ0) is 16.9. The Hall–Kier alpha value is -2.69. The highest BCUT2D eigenvalue weighted by Crippen LogP contribution is 2.32. The predicted molar refractivity (Wildman–Crippen MR) is 89.4 cm³/mol. The number of amides is 1. The van der Waals surface area contributed by atoms with Gasteiger partial charge in [0.1, 0.15) is 0 Å². The number of rotatable bonds is 4. The van der Waals surface area contributed by atoms with Crippen molar-refractivity contribution in [2.75, 3.05) is 13.7 Å². The first-order chi connectivity index (χ1) is 11.7. The molecule has 1 saturated heterocycles. The summed E-state index contributed by atoms with van der Waals surface area (Å²) in [5.41, 5.74) is 2.41. The Morgan fingerprint density at radius 3 is 2.79 bits per heavy atom. The smallest absolute Gasteiger partial charge is 0.337 e. The van der Waals surface area contributed by atoms with Crippen molar-refractivity contribution in [3.05, 3.63) is 65.5 Å². The molecule has 1 aromatic carbocycles.